The van der Waals surface area contributed by atoms with Crippen LogP contribution < -0.4 is 5.43 Å². The first-order valence-corrected chi connectivity index (χ1v) is 12.6. The number of aryl methyl sites for hydroxylation is 1. The van der Waals surface area contributed by atoms with Crippen LogP contribution in [0.2, 0.25) is 0 Å². The molecule has 0 unspecified atom stereocenters. The first-order valence-electron chi connectivity index (χ1n) is 8.97. The molecule has 0 atom stereocenters. The van der Waals surface area contributed by atoms with Gasteiger partial charge in [0, 0.05) is 10.2 Å². The van der Waals surface area contributed by atoms with E-state index in [1.165, 1.54) is 34.2 Å². The van der Waals surface area contributed by atoms with Crippen molar-refractivity contribution >= 4 is 69.0 Å². The van der Waals surface area contributed by atoms with Crippen molar-refractivity contribution in [2.45, 2.75) is 21.4 Å². The predicted molar refractivity (Wildman–Crippen MR) is 131 cm³/mol. The molecule has 3 aromatic rings. The Morgan fingerprint density at radius 1 is 1.10 bits per heavy atom. The maximum atomic E-state index is 12.0. The molecule has 0 aliphatic carbocycles. The van der Waals surface area contributed by atoms with Gasteiger partial charge in [0.05, 0.1) is 12.0 Å². The summed E-state index contributed by atoms with van der Waals surface area (Å²) < 4.78 is 2.43. The number of carbonyl (C=O) groups excluding carboxylic acids is 1. The highest BCUT2D eigenvalue weighted by atomic mass is 79.9. The van der Waals surface area contributed by atoms with Crippen molar-refractivity contribution in [2.75, 3.05) is 5.75 Å². The summed E-state index contributed by atoms with van der Waals surface area (Å²) in [6, 6.07) is 18.3. The maximum absolute atomic E-state index is 12.0. The minimum atomic E-state index is -0.194. The van der Waals surface area contributed by atoms with E-state index in [0.29, 0.717) is 0 Å². The number of aromatic nitrogens is 2. The zero-order chi connectivity index (χ0) is 21.2. The summed E-state index contributed by atoms with van der Waals surface area (Å²) in [5.74, 6) is 0.884. The van der Waals surface area contributed by atoms with E-state index in [4.69, 9.17) is 0 Å². The van der Waals surface area contributed by atoms with E-state index in [1.54, 1.807) is 18.0 Å². The molecule has 0 fully saturated rings. The van der Waals surface area contributed by atoms with Crippen LogP contribution in [0.1, 0.15) is 16.7 Å². The maximum Gasteiger partial charge on any atom is 0.250 e. The normalized spacial score (nSPS) is 11.7. The van der Waals surface area contributed by atoms with E-state index >= 15 is 0 Å². The topological polar surface area (TPSA) is 67.2 Å². The van der Waals surface area contributed by atoms with Crippen molar-refractivity contribution in [3.8, 4) is 0 Å². The average Bonchev–Trinajstić information content (AvgIpc) is 3.20. The van der Waals surface area contributed by atoms with Crippen LogP contribution in [0.4, 0.5) is 0 Å². The van der Waals surface area contributed by atoms with Gasteiger partial charge in [-0.1, -0.05) is 95.0 Å². The Hall–Kier alpha value is -1.94. The summed E-state index contributed by atoms with van der Waals surface area (Å²) in [7, 11) is 0. The van der Waals surface area contributed by atoms with E-state index < -0.39 is 0 Å². The van der Waals surface area contributed by atoms with Crippen molar-refractivity contribution in [1.82, 2.24) is 15.6 Å². The monoisotopic (exact) mass is 518 g/mol. The standard InChI is InChI=1S/C21H19BrN4OS3/c1-15-7-9-17(10-8-15)13-28-20-25-26-21(30-20)29-14-19(27)24-23-12-18(22)11-16-5-3-2-4-6-16/h2-12H,13-14H2,1H3,(H,24,27)/b18-11-,23-12+. The number of thioether (sulfide) groups is 2. The molecule has 0 radical (unpaired) electrons. The second-order valence-corrected chi connectivity index (χ2v) is 10.5. The predicted octanol–water partition coefficient (Wildman–Crippen LogP) is 5.77. The van der Waals surface area contributed by atoms with Crippen molar-refractivity contribution in [3.63, 3.8) is 0 Å². The second kappa shape index (κ2) is 12.0. The highest BCUT2D eigenvalue weighted by Crippen LogP contribution is 2.30. The summed E-state index contributed by atoms with van der Waals surface area (Å²) in [6.45, 7) is 2.08. The molecule has 0 saturated heterocycles. The van der Waals surface area contributed by atoms with E-state index in [-0.39, 0.29) is 11.7 Å². The Bertz CT molecular complexity index is 1020. The van der Waals surface area contributed by atoms with Gasteiger partial charge in [0.2, 0.25) is 0 Å². The number of hydrazone groups is 1. The molecule has 1 amide bonds. The van der Waals surface area contributed by atoms with Gasteiger partial charge >= 0.3 is 0 Å². The second-order valence-electron chi connectivity index (χ2n) is 6.13. The number of nitrogens with zero attached hydrogens (tertiary/aromatic N) is 3. The lowest BCUT2D eigenvalue weighted by Gasteiger charge is -1.99. The number of hydrogen-bond donors (Lipinski definition) is 1. The first-order chi connectivity index (χ1) is 14.6. The third-order valence-corrected chi connectivity index (χ3v) is 7.37. The van der Waals surface area contributed by atoms with Crippen LogP contribution in [-0.2, 0) is 10.5 Å². The largest absolute Gasteiger partial charge is 0.272 e. The highest BCUT2D eigenvalue weighted by Gasteiger charge is 2.08. The molecule has 154 valence electrons. The molecule has 1 N–H and O–H groups in total. The molecule has 2 aromatic carbocycles. The number of carbonyl (C=O) groups is 1. The van der Waals surface area contributed by atoms with E-state index in [9.17, 15) is 4.79 Å². The lowest BCUT2D eigenvalue weighted by molar-refractivity contribution is -0.118. The average molecular weight is 520 g/mol. The molecule has 0 aliphatic heterocycles. The first kappa shape index (κ1) is 22.7. The van der Waals surface area contributed by atoms with Crippen LogP contribution in [0.15, 0.2) is 72.9 Å². The molecule has 0 aliphatic rings. The number of rotatable bonds is 9. The Balaban J connectivity index is 1.39. The van der Waals surface area contributed by atoms with Crippen molar-refractivity contribution in [2.24, 2.45) is 5.10 Å². The van der Waals surface area contributed by atoms with Crippen LogP contribution in [0.25, 0.3) is 6.08 Å². The van der Waals surface area contributed by atoms with Gasteiger partial charge in [-0.2, -0.15) is 5.10 Å². The van der Waals surface area contributed by atoms with Gasteiger partial charge in [-0.25, -0.2) is 5.43 Å². The summed E-state index contributed by atoms with van der Waals surface area (Å²) >= 11 is 7.91. The lowest BCUT2D eigenvalue weighted by Crippen LogP contribution is -2.19. The summed E-state index contributed by atoms with van der Waals surface area (Å²) in [5, 5.41) is 12.3. The third-order valence-electron chi connectivity index (χ3n) is 3.68. The van der Waals surface area contributed by atoms with Gasteiger partial charge in [0.1, 0.15) is 0 Å². The number of nitrogens with one attached hydrogen (secondary N) is 1. The zero-order valence-electron chi connectivity index (χ0n) is 16.1. The number of amides is 1. The van der Waals surface area contributed by atoms with Crippen molar-refractivity contribution in [3.05, 3.63) is 75.8 Å². The van der Waals surface area contributed by atoms with Crippen LogP contribution in [0.5, 0.6) is 0 Å². The van der Waals surface area contributed by atoms with E-state index in [2.05, 4.69) is 67.8 Å². The molecule has 0 saturated carbocycles. The van der Waals surface area contributed by atoms with Crippen LogP contribution in [0.3, 0.4) is 0 Å². The fourth-order valence-corrected chi connectivity index (χ4v) is 5.35. The minimum Gasteiger partial charge on any atom is -0.272 e. The number of benzene rings is 2. The molecule has 9 heteroatoms. The fourth-order valence-electron chi connectivity index (χ4n) is 2.21. The van der Waals surface area contributed by atoms with Crippen molar-refractivity contribution < 1.29 is 4.79 Å². The summed E-state index contributed by atoms with van der Waals surface area (Å²) in [4.78, 5) is 12.0. The molecule has 0 spiro atoms. The highest BCUT2D eigenvalue weighted by molar-refractivity contribution is 9.12. The van der Waals surface area contributed by atoms with Gasteiger partial charge < -0.3 is 0 Å². The van der Waals surface area contributed by atoms with Crippen LogP contribution in [-0.4, -0.2) is 28.1 Å². The number of allylic oxidation sites excluding steroid dienone is 1. The minimum absolute atomic E-state index is 0.194. The molecule has 3 rings (SSSR count). The van der Waals surface area contributed by atoms with E-state index in [1.807, 2.05) is 36.4 Å². The smallest absolute Gasteiger partial charge is 0.250 e. The van der Waals surface area contributed by atoms with Gasteiger partial charge in [0.15, 0.2) is 8.68 Å². The lowest BCUT2D eigenvalue weighted by atomic mass is 10.2. The number of halogens is 1. The van der Waals surface area contributed by atoms with Gasteiger partial charge in [0.25, 0.3) is 5.91 Å². The van der Waals surface area contributed by atoms with Crippen LogP contribution >= 0.6 is 50.8 Å². The molecular weight excluding hydrogens is 500 g/mol. The number of hydrogen-bond acceptors (Lipinski definition) is 7. The third kappa shape index (κ3) is 8.06. The fraction of sp³-hybridized carbons (Fsp3) is 0.143. The van der Waals surface area contributed by atoms with E-state index in [0.717, 1.165) is 24.5 Å². The zero-order valence-corrected chi connectivity index (χ0v) is 20.2. The Labute approximate surface area is 196 Å². The Morgan fingerprint density at radius 3 is 2.53 bits per heavy atom. The quantitative estimate of drug-likeness (QED) is 0.221. The van der Waals surface area contributed by atoms with Crippen LogP contribution in [0, 0.1) is 6.92 Å². The van der Waals surface area contributed by atoms with Gasteiger partial charge in [-0.15, -0.1) is 10.2 Å². The Kier molecular flexibility index (Phi) is 9.13. The van der Waals surface area contributed by atoms with Crippen molar-refractivity contribution in [1.29, 1.82) is 0 Å². The molecule has 30 heavy (non-hydrogen) atoms. The Morgan fingerprint density at radius 2 is 1.80 bits per heavy atom. The molecule has 1 heterocycles. The van der Waals surface area contributed by atoms with Gasteiger partial charge in [-0.05, 0) is 40.1 Å². The molecule has 0 bridgehead atoms. The summed E-state index contributed by atoms with van der Waals surface area (Å²) in [5.41, 5.74) is 6.06. The SMILES string of the molecule is Cc1ccc(CSc2nnc(SCC(=O)N/N=C/C(Br)=C/c3ccccc3)s2)cc1. The molecule has 1 aromatic heterocycles. The summed E-state index contributed by atoms with van der Waals surface area (Å²) in [6.07, 6.45) is 3.47. The molecule has 5 nitrogen and oxygen atoms in total. The molecular formula is C21H19BrN4OS3. The van der Waals surface area contributed by atoms with Gasteiger partial charge in [-0.3, -0.25) is 4.79 Å².